The predicted molar refractivity (Wildman–Crippen MR) is 43.5 cm³/mol. The third-order valence-electron chi connectivity index (χ3n) is 1.36. The maximum Gasteiger partial charge on any atom is 0.573 e. The van der Waals surface area contributed by atoms with Crippen molar-refractivity contribution in [1.29, 1.82) is 0 Å². The molecular formula is C8H4ClF3O2. The van der Waals surface area contributed by atoms with Crippen LogP contribution in [0, 0.1) is 0 Å². The van der Waals surface area contributed by atoms with Crippen LogP contribution in [0.1, 0.15) is 10.4 Å². The van der Waals surface area contributed by atoms with Gasteiger partial charge >= 0.3 is 6.36 Å². The summed E-state index contributed by atoms with van der Waals surface area (Å²) in [4.78, 5) is 10.4. The van der Waals surface area contributed by atoms with Crippen LogP contribution < -0.4 is 4.74 Å². The second-order valence-electron chi connectivity index (χ2n) is 2.32. The van der Waals surface area contributed by atoms with Crippen LogP contribution in [0.2, 0.25) is 5.02 Å². The van der Waals surface area contributed by atoms with Crippen LogP contribution in [-0.2, 0) is 0 Å². The zero-order valence-electron chi connectivity index (χ0n) is 6.64. The van der Waals surface area contributed by atoms with E-state index in [0.29, 0.717) is 0 Å². The molecule has 0 bridgehead atoms. The fourth-order valence-electron chi connectivity index (χ4n) is 0.845. The molecular weight excluding hydrogens is 221 g/mol. The Morgan fingerprint density at radius 1 is 1.36 bits per heavy atom. The largest absolute Gasteiger partial charge is 0.573 e. The zero-order valence-corrected chi connectivity index (χ0v) is 7.39. The van der Waals surface area contributed by atoms with Crippen LogP contribution in [0.25, 0.3) is 0 Å². The molecule has 1 rings (SSSR count). The molecule has 0 spiro atoms. The van der Waals surface area contributed by atoms with Crippen LogP contribution in [0.4, 0.5) is 13.2 Å². The van der Waals surface area contributed by atoms with Crippen molar-refractivity contribution in [3.05, 3.63) is 28.8 Å². The van der Waals surface area contributed by atoms with E-state index in [1.54, 1.807) is 0 Å². The van der Waals surface area contributed by atoms with Gasteiger partial charge in [0, 0.05) is 0 Å². The number of halogens is 4. The molecule has 1 aromatic rings. The van der Waals surface area contributed by atoms with Gasteiger partial charge in [-0.05, 0) is 12.1 Å². The molecule has 14 heavy (non-hydrogen) atoms. The van der Waals surface area contributed by atoms with Gasteiger partial charge in [0.2, 0.25) is 0 Å². The SMILES string of the molecule is O=Cc1c(Cl)cccc1OC(F)(F)F. The Hall–Kier alpha value is -1.23. The first-order valence-electron chi connectivity index (χ1n) is 3.43. The lowest BCUT2D eigenvalue weighted by Crippen LogP contribution is -2.18. The number of rotatable bonds is 2. The Morgan fingerprint density at radius 3 is 2.50 bits per heavy atom. The van der Waals surface area contributed by atoms with Gasteiger partial charge in [-0.15, -0.1) is 13.2 Å². The van der Waals surface area contributed by atoms with Gasteiger partial charge < -0.3 is 4.74 Å². The minimum absolute atomic E-state index is 0.0817. The molecule has 0 aromatic heterocycles. The van der Waals surface area contributed by atoms with Crippen molar-refractivity contribution in [2.24, 2.45) is 0 Å². The molecule has 0 fully saturated rings. The Labute approximate surface area is 82.2 Å². The first kappa shape index (κ1) is 10.8. The van der Waals surface area contributed by atoms with E-state index in [0.717, 1.165) is 6.07 Å². The van der Waals surface area contributed by atoms with Crippen molar-refractivity contribution < 1.29 is 22.7 Å². The maximum absolute atomic E-state index is 11.8. The van der Waals surface area contributed by atoms with Gasteiger partial charge in [0.1, 0.15) is 5.75 Å². The molecule has 0 N–H and O–H groups in total. The van der Waals surface area contributed by atoms with Crippen molar-refractivity contribution in [2.45, 2.75) is 6.36 Å². The number of benzene rings is 1. The van der Waals surface area contributed by atoms with Gasteiger partial charge in [0.25, 0.3) is 0 Å². The smallest absolute Gasteiger partial charge is 0.405 e. The Morgan fingerprint density at radius 2 is 2.00 bits per heavy atom. The summed E-state index contributed by atoms with van der Waals surface area (Å²) in [5, 5.41) is -0.0817. The number of hydrogen-bond acceptors (Lipinski definition) is 2. The van der Waals surface area contributed by atoms with Crippen molar-refractivity contribution in [3.63, 3.8) is 0 Å². The highest BCUT2D eigenvalue weighted by molar-refractivity contribution is 6.33. The lowest BCUT2D eigenvalue weighted by Gasteiger charge is -2.10. The molecule has 0 saturated heterocycles. The summed E-state index contributed by atoms with van der Waals surface area (Å²) >= 11 is 5.48. The van der Waals surface area contributed by atoms with Gasteiger partial charge in [-0.25, -0.2) is 0 Å². The average Bonchev–Trinajstić information content (AvgIpc) is 2.01. The number of alkyl halides is 3. The van der Waals surface area contributed by atoms with Crippen molar-refractivity contribution in [2.75, 3.05) is 0 Å². The highest BCUT2D eigenvalue weighted by Gasteiger charge is 2.32. The Bertz CT molecular complexity index is 349. The molecule has 0 heterocycles. The summed E-state index contributed by atoms with van der Waals surface area (Å²) in [5.41, 5.74) is -0.313. The molecule has 0 unspecified atom stereocenters. The van der Waals surface area contributed by atoms with E-state index in [1.807, 2.05) is 0 Å². The molecule has 0 radical (unpaired) electrons. The molecule has 1 aromatic carbocycles. The zero-order chi connectivity index (χ0) is 10.8. The van der Waals surface area contributed by atoms with Crippen LogP contribution in [0.5, 0.6) is 5.75 Å². The summed E-state index contributed by atoms with van der Waals surface area (Å²) in [6.45, 7) is 0. The van der Waals surface area contributed by atoms with E-state index in [2.05, 4.69) is 4.74 Å². The minimum Gasteiger partial charge on any atom is -0.405 e. The average molecular weight is 225 g/mol. The second-order valence-corrected chi connectivity index (χ2v) is 2.72. The topological polar surface area (TPSA) is 26.3 Å². The molecule has 76 valence electrons. The second kappa shape index (κ2) is 3.88. The van der Waals surface area contributed by atoms with Gasteiger partial charge in [0.15, 0.2) is 6.29 Å². The summed E-state index contributed by atoms with van der Waals surface area (Å²) in [6, 6.07) is 3.58. The Kier molecular flexibility index (Phi) is 3.00. The van der Waals surface area contributed by atoms with Crippen molar-refractivity contribution >= 4 is 17.9 Å². The third kappa shape index (κ3) is 2.63. The summed E-state index contributed by atoms with van der Waals surface area (Å²) < 4.78 is 39.0. The lowest BCUT2D eigenvalue weighted by molar-refractivity contribution is -0.274. The molecule has 0 atom stereocenters. The molecule has 0 aliphatic rings. The summed E-state index contributed by atoms with van der Waals surface area (Å²) in [7, 11) is 0. The predicted octanol–water partition coefficient (Wildman–Crippen LogP) is 3.05. The molecule has 0 amide bonds. The monoisotopic (exact) mass is 224 g/mol. The molecule has 0 aliphatic carbocycles. The first-order valence-corrected chi connectivity index (χ1v) is 3.81. The Balaban J connectivity index is 3.08. The maximum atomic E-state index is 11.8. The third-order valence-corrected chi connectivity index (χ3v) is 1.69. The van der Waals surface area contributed by atoms with E-state index >= 15 is 0 Å². The lowest BCUT2D eigenvalue weighted by atomic mass is 10.2. The first-order chi connectivity index (χ1) is 6.44. The summed E-state index contributed by atoms with van der Waals surface area (Å²) in [5.74, 6) is -0.597. The van der Waals surface area contributed by atoms with E-state index in [9.17, 15) is 18.0 Å². The summed E-state index contributed by atoms with van der Waals surface area (Å²) in [6.07, 6.45) is -4.62. The van der Waals surface area contributed by atoms with Crippen LogP contribution in [-0.4, -0.2) is 12.6 Å². The molecule has 0 saturated carbocycles. The molecule has 2 nitrogen and oxygen atoms in total. The van der Waals surface area contributed by atoms with Crippen LogP contribution in [0.15, 0.2) is 18.2 Å². The molecule has 0 aliphatic heterocycles. The van der Waals surface area contributed by atoms with E-state index in [-0.39, 0.29) is 16.9 Å². The fraction of sp³-hybridized carbons (Fsp3) is 0.125. The van der Waals surface area contributed by atoms with Crippen LogP contribution >= 0.6 is 11.6 Å². The minimum atomic E-state index is -4.83. The number of hydrogen-bond donors (Lipinski definition) is 0. The molecule has 6 heteroatoms. The highest BCUT2D eigenvalue weighted by atomic mass is 35.5. The normalized spacial score (nSPS) is 11.1. The van der Waals surface area contributed by atoms with Gasteiger partial charge in [-0.2, -0.15) is 0 Å². The number of aldehydes is 1. The van der Waals surface area contributed by atoms with Gasteiger partial charge in [-0.1, -0.05) is 17.7 Å². The quantitative estimate of drug-likeness (QED) is 0.722. The van der Waals surface area contributed by atoms with Crippen molar-refractivity contribution in [1.82, 2.24) is 0 Å². The van der Waals surface area contributed by atoms with E-state index in [4.69, 9.17) is 11.6 Å². The van der Waals surface area contributed by atoms with Crippen molar-refractivity contribution in [3.8, 4) is 5.75 Å². The van der Waals surface area contributed by atoms with Gasteiger partial charge in [0.05, 0.1) is 10.6 Å². The van der Waals surface area contributed by atoms with Gasteiger partial charge in [-0.3, -0.25) is 4.79 Å². The number of ether oxygens (including phenoxy) is 1. The highest BCUT2D eigenvalue weighted by Crippen LogP contribution is 2.29. The number of carbonyl (C=O) groups excluding carboxylic acids is 1. The fourth-order valence-corrected chi connectivity index (χ4v) is 1.06. The standard InChI is InChI=1S/C8H4ClF3O2/c9-6-2-1-3-7(5(6)4-13)14-8(10,11)12/h1-4H. The van der Waals surface area contributed by atoms with E-state index in [1.165, 1.54) is 12.1 Å². The van der Waals surface area contributed by atoms with E-state index < -0.39 is 12.1 Å². The number of carbonyl (C=O) groups is 1. The van der Waals surface area contributed by atoms with Crippen LogP contribution in [0.3, 0.4) is 0 Å².